The Morgan fingerprint density at radius 3 is 1.08 bits per heavy atom. The minimum atomic E-state index is -0.389. The van der Waals surface area contributed by atoms with Gasteiger partial charge in [0.25, 0.3) is 23.8 Å². The van der Waals surface area contributed by atoms with Crippen LogP contribution in [0.1, 0.15) is 240 Å². The lowest BCUT2D eigenvalue weighted by Gasteiger charge is -2.23. The highest BCUT2D eigenvalue weighted by molar-refractivity contribution is 5.73. The summed E-state index contributed by atoms with van der Waals surface area (Å²) < 4.78 is 0. The molecule has 0 heterocycles. The number of nitrogens with zero attached hydrogens (tertiary/aromatic N) is 1. The van der Waals surface area contributed by atoms with Crippen molar-refractivity contribution >= 4 is 24.3 Å². The molecule has 1 aromatic carbocycles. The van der Waals surface area contributed by atoms with Crippen molar-refractivity contribution in [1.29, 1.82) is 0 Å². The van der Waals surface area contributed by atoms with E-state index in [1.54, 1.807) is 7.05 Å². The van der Waals surface area contributed by atoms with E-state index < -0.39 is 0 Å². The summed E-state index contributed by atoms with van der Waals surface area (Å²) >= 11 is 0. The highest BCUT2D eigenvalue weighted by Gasteiger charge is 2.19. The monoisotopic (exact) mass is 836 g/mol. The molecule has 9 heteroatoms. The third-order valence-electron chi connectivity index (χ3n) is 12.2. The van der Waals surface area contributed by atoms with E-state index in [1.165, 1.54) is 219 Å². The van der Waals surface area contributed by atoms with E-state index in [9.17, 15) is 9.59 Å². The molecule has 0 bridgehead atoms. The fraction of sp³-hybridized carbons (Fsp3) is 0.880. The third-order valence-corrected chi connectivity index (χ3v) is 12.2. The highest BCUT2D eigenvalue weighted by Crippen LogP contribution is 2.25. The predicted molar refractivity (Wildman–Crippen MR) is 255 cm³/mol. The van der Waals surface area contributed by atoms with Crippen LogP contribution in [-0.2, 0) is 9.59 Å². The van der Waals surface area contributed by atoms with Crippen molar-refractivity contribution in [1.82, 2.24) is 4.90 Å². The fourth-order valence-corrected chi connectivity index (χ4v) is 8.53. The zero-order chi connectivity index (χ0) is 44.0. The van der Waals surface area contributed by atoms with Crippen LogP contribution >= 0.6 is 0 Å². The van der Waals surface area contributed by atoms with E-state index in [1.807, 2.05) is 0 Å². The van der Waals surface area contributed by atoms with Crippen LogP contribution in [-0.4, -0.2) is 61.3 Å². The number of nitrogens with one attached hydrogen (secondary N) is 2. The molecule has 0 aromatic heterocycles. The summed E-state index contributed by atoms with van der Waals surface area (Å²) in [5.41, 5.74) is 0.172. The van der Waals surface area contributed by atoms with Gasteiger partial charge in [-0.25, -0.2) is 0 Å². The van der Waals surface area contributed by atoms with Gasteiger partial charge in [0.05, 0.1) is 0 Å². The molecule has 348 valence electrons. The van der Waals surface area contributed by atoms with Crippen molar-refractivity contribution in [2.75, 3.05) is 43.9 Å². The predicted octanol–water partition coefficient (Wildman–Crippen LogP) is 13.6. The molecular weight excluding hydrogens is 739 g/mol. The molecule has 0 atom stereocenters. The Kier molecular flexibility index (Phi) is 46.4. The molecule has 1 aromatic rings. The summed E-state index contributed by atoms with van der Waals surface area (Å²) in [4.78, 5) is 43.1. The molecule has 1 rings (SSSR count). The van der Waals surface area contributed by atoms with Crippen LogP contribution in [0.25, 0.3) is 0 Å². The Morgan fingerprint density at radius 1 is 0.441 bits per heavy atom. The molecule has 0 fully saturated rings. The van der Waals surface area contributed by atoms with Gasteiger partial charge in [-0.15, -0.1) is 0 Å². The Balaban J connectivity index is 0. The summed E-state index contributed by atoms with van der Waals surface area (Å²) in [6.07, 6.45) is 46.0. The van der Waals surface area contributed by atoms with Crippen LogP contribution in [0.4, 0.5) is 11.4 Å². The Bertz CT molecular complexity index is 1060. The SMILES string of the molecule is CCCCCCCC(CCCCCCC)CCCCCCCN(CCCCCCCCCC(CCCC)CCCC)CCCNc1c(NC)c(=O)c1=O.O=CO.O=CO. The summed E-state index contributed by atoms with van der Waals surface area (Å²) in [5, 5.41) is 19.9. The summed E-state index contributed by atoms with van der Waals surface area (Å²) in [5.74, 6) is 1.95. The molecule has 0 saturated heterocycles. The molecule has 9 nitrogen and oxygen atoms in total. The maximum absolute atomic E-state index is 12.0. The van der Waals surface area contributed by atoms with Crippen LogP contribution in [0.5, 0.6) is 0 Å². The van der Waals surface area contributed by atoms with Gasteiger partial charge in [0.2, 0.25) is 0 Å². The minimum absolute atomic E-state index is 0.250. The second-order valence-electron chi connectivity index (χ2n) is 17.2. The van der Waals surface area contributed by atoms with Gasteiger partial charge < -0.3 is 25.7 Å². The van der Waals surface area contributed by atoms with Crippen molar-refractivity contribution < 1.29 is 19.8 Å². The largest absolute Gasteiger partial charge is 0.483 e. The van der Waals surface area contributed by atoms with E-state index in [2.05, 4.69) is 43.2 Å². The lowest BCUT2D eigenvalue weighted by molar-refractivity contribution is -0.123. The van der Waals surface area contributed by atoms with E-state index in [-0.39, 0.29) is 23.8 Å². The van der Waals surface area contributed by atoms with Crippen molar-refractivity contribution in [3.05, 3.63) is 20.4 Å². The number of carbonyl (C=O) groups is 2. The Labute approximate surface area is 363 Å². The first-order valence-corrected chi connectivity index (χ1v) is 25.0. The van der Waals surface area contributed by atoms with Gasteiger partial charge in [-0.3, -0.25) is 19.2 Å². The second kappa shape index (κ2) is 46.6. The molecular formula is C50H97N3O6. The number of carboxylic acid groups (broad SMARTS) is 2. The molecule has 0 spiro atoms. The molecule has 0 radical (unpaired) electrons. The number of unbranched alkanes of at least 4 members (excludes halogenated alkanes) is 20. The first kappa shape index (κ1) is 58.7. The van der Waals surface area contributed by atoms with E-state index in [0.717, 1.165) is 31.3 Å². The number of rotatable bonds is 42. The first-order valence-electron chi connectivity index (χ1n) is 25.0. The zero-order valence-corrected chi connectivity index (χ0v) is 39.4. The lowest BCUT2D eigenvalue weighted by atomic mass is 9.89. The molecule has 0 saturated carbocycles. The Hall–Kier alpha value is -2.42. The molecule has 4 N–H and O–H groups in total. The van der Waals surface area contributed by atoms with E-state index in [0.29, 0.717) is 11.4 Å². The van der Waals surface area contributed by atoms with Crippen molar-refractivity contribution in [2.24, 2.45) is 11.8 Å². The van der Waals surface area contributed by atoms with Crippen molar-refractivity contribution in [2.45, 2.75) is 240 Å². The normalized spacial score (nSPS) is 11.1. The Morgan fingerprint density at radius 2 is 0.729 bits per heavy atom. The molecule has 59 heavy (non-hydrogen) atoms. The minimum Gasteiger partial charge on any atom is -0.483 e. The van der Waals surface area contributed by atoms with E-state index >= 15 is 0 Å². The number of anilines is 2. The van der Waals surface area contributed by atoms with Crippen LogP contribution in [0.3, 0.4) is 0 Å². The second-order valence-corrected chi connectivity index (χ2v) is 17.2. The molecule has 0 aliphatic carbocycles. The maximum atomic E-state index is 12.0. The molecule has 0 unspecified atom stereocenters. The highest BCUT2D eigenvalue weighted by atomic mass is 16.3. The number of hydrogen-bond donors (Lipinski definition) is 4. The smallest absolute Gasteiger partial charge is 0.290 e. The third kappa shape index (κ3) is 36.0. The standard InChI is InChI=1S/C48H93N3O2.2CH2O2/c1-6-10-14-20-26-36-44(37-27-21-15-11-7-2)38-29-23-19-25-31-41-51(42-32-39-50-46-45(49-5)47(52)48(46)53)40-30-24-18-16-17-22-28-35-43(33-12-8-3)34-13-9-4;2*2-1-3/h43-44,49-50H,6-42H2,1-5H3;2*1H,(H,2,3). The van der Waals surface area contributed by atoms with Gasteiger partial charge in [0.1, 0.15) is 11.4 Å². The van der Waals surface area contributed by atoms with Gasteiger partial charge in [0.15, 0.2) is 0 Å². The molecule has 0 amide bonds. The van der Waals surface area contributed by atoms with E-state index in [4.69, 9.17) is 19.8 Å². The van der Waals surface area contributed by atoms with Gasteiger partial charge in [-0.1, -0.05) is 220 Å². The van der Waals surface area contributed by atoms with Gasteiger partial charge >= 0.3 is 0 Å². The van der Waals surface area contributed by atoms with Crippen molar-refractivity contribution in [3.8, 4) is 0 Å². The van der Waals surface area contributed by atoms with Crippen LogP contribution in [0.2, 0.25) is 0 Å². The first-order chi connectivity index (χ1) is 28.8. The summed E-state index contributed by atoms with van der Waals surface area (Å²) in [6.45, 7) is 13.0. The topological polar surface area (TPSA) is 136 Å². The maximum Gasteiger partial charge on any atom is 0.290 e. The van der Waals surface area contributed by atoms with Gasteiger partial charge in [-0.05, 0) is 50.7 Å². The molecule has 0 aliphatic heterocycles. The quantitative estimate of drug-likeness (QED) is 0.0288. The van der Waals surface area contributed by atoms with Gasteiger partial charge in [-0.2, -0.15) is 0 Å². The van der Waals surface area contributed by atoms with Crippen LogP contribution < -0.4 is 21.5 Å². The summed E-state index contributed by atoms with van der Waals surface area (Å²) in [6, 6.07) is 0. The van der Waals surface area contributed by atoms with Crippen LogP contribution in [0.15, 0.2) is 9.59 Å². The lowest BCUT2D eigenvalue weighted by Crippen LogP contribution is -2.37. The average Bonchev–Trinajstić information content (AvgIpc) is 3.23. The summed E-state index contributed by atoms with van der Waals surface area (Å²) in [7, 11) is 1.71. The zero-order valence-electron chi connectivity index (χ0n) is 39.4. The fourth-order valence-electron chi connectivity index (χ4n) is 8.53. The average molecular weight is 836 g/mol. The van der Waals surface area contributed by atoms with Gasteiger partial charge in [0, 0.05) is 13.6 Å². The number of hydrogen-bond acceptors (Lipinski definition) is 7. The molecule has 0 aliphatic rings. The van der Waals surface area contributed by atoms with Crippen LogP contribution in [0, 0.1) is 11.8 Å². The van der Waals surface area contributed by atoms with Crippen molar-refractivity contribution in [3.63, 3.8) is 0 Å².